The van der Waals surface area contributed by atoms with Crippen LogP contribution < -0.4 is 10.1 Å². The Morgan fingerprint density at radius 3 is 3.16 bits per heavy atom. The van der Waals surface area contributed by atoms with E-state index in [9.17, 15) is 0 Å². The van der Waals surface area contributed by atoms with Gasteiger partial charge in [0.15, 0.2) is 6.10 Å². The van der Waals surface area contributed by atoms with Crippen LogP contribution in [0.15, 0.2) is 30.5 Å². The SMILES string of the molecule is CCCNCc1cnc(C2Cc3ccccc3O2)[nH]1. The molecule has 100 valence electrons. The van der Waals surface area contributed by atoms with Gasteiger partial charge in [0.2, 0.25) is 0 Å². The maximum atomic E-state index is 5.92. The summed E-state index contributed by atoms with van der Waals surface area (Å²) >= 11 is 0. The van der Waals surface area contributed by atoms with E-state index in [0.717, 1.165) is 43.2 Å². The number of rotatable bonds is 5. The third-order valence-electron chi connectivity index (χ3n) is 3.34. The zero-order valence-corrected chi connectivity index (χ0v) is 11.1. The minimum atomic E-state index is 0.0253. The lowest BCUT2D eigenvalue weighted by Gasteiger charge is -2.07. The van der Waals surface area contributed by atoms with Crippen molar-refractivity contribution >= 4 is 0 Å². The highest BCUT2D eigenvalue weighted by Crippen LogP contribution is 2.35. The molecule has 2 aromatic rings. The van der Waals surface area contributed by atoms with Gasteiger partial charge in [-0.3, -0.25) is 0 Å². The minimum absolute atomic E-state index is 0.0253. The lowest BCUT2D eigenvalue weighted by Crippen LogP contribution is -2.14. The van der Waals surface area contributed by atoms with Gasteiger partial charge in [-0.05, 0) is 24.6 Å². The van der Waals surface area contributed by atoms with Crippen LogP contribution in [0.4, 0.5) is 0 Å². The summed E-state index contributed by atoms with van der Waals surface area (Å²) in [5.74, 6) is 1.90. The molecule has 4 nitrogen and oxygen atoms in total. The number of H-pyrrole nitrogens is 1. The van der Waals surface area contributed by atoms with Crippen molar-refractivity contribution < 1.29 is 4.74 Å². The summed E-state index contributed by atoms with van der Waals surface area (Å²) in [5.41, 5.74) is 2.37. The Bertz CT molecular complexity index is 525. The van der Waals surface area contributed by atoms with E-state index in [1.807, 2.05) is 24.4 Å². The molecule has 0 saturated heterocycles. The number of fused-ring (bicyclic) bond motifs is 1. The first-order valence-electron chi connectivity index (χ1n) is 6.86. The first-order valence-corrected chi connectivity index (χ1v) is 6.86. The molecule has 0 bridgehead atoms. The van der Waals surface area contributed by atoms with Crippen molar-refractivity contribution in [3.05, 3.63) is 47.5 Å². The Morgan fingerprint density at radius 2 is 2.32 bits per heavy atom. The fourth-order valence-corrected chi connectivity index (χ4v) is 2.36. The molecule has 1 aliphatic heterocycles. The number of hydrogen-bond donors (Lipinski definition) is 2. The molecule has 0 amide bonds. The summed E-state index contributed by atoms with van der Waals surface area (Å²) in [7, 11) is 0. The topological polar surface area (TPSA) is 49.9 Å². The van der Waals surface area contributed by atoms with Crippen LogP contribution in [0.3, 0.4) is 0 Å². The Hall–Kier alpha value is -1.81. The quantitative estimate of drug-likeness (QED) is 0.809. The van der Waals surface area contributed by atoms with Crippen LogP contribution in [-0.2, 0) is 13.0 Å². The van der Waals surface area contributed by atoms with Crippen molar-refractivity contribution in [2.75, 3.05) is 6.54 Å². The Labute approximate surface area is 113 Å². The third-order valence-corrected chi connectivity index (χ3v) is 3.34. The van der Waals surface area contributed by atoms with Crippen molar-refractivity contribution in [3.8, 4) is 5.75 Å². The molecule has 1 aromatic carbocycles. The molecule has 0 radical (unpaired) electrons. The molecule has 0 spiro atoms. The lowest BCUT2D eigenvalue weighted by molar-refractivity contribution is 0.228. The zero-order chi connectivity index (χ0) is 13.1. The number of imidazole rings is 1. The van der Waals surface area contributed by atoms with Crippen molar-refractivity contribution in [1.29, 1.82) is 0 Å². The molecule has 3 rings (SSSR count). The molecule has 1 aliphatic rings. The molecule has 1 aromatic heterocycles. The van der Waals surface area contributed by atoms with Crippen LogP contribution in [0.2, 0.25) is 0 Å². The van der Waals surface area contributed by atoms with E-state index in [1.54, 1.807) is 0 Å². The predicted octanol–water partition coefficient (Wildman–Crippen LogP) is 2.59. The molecular formula is C15H19N3O. The zero-order valence-electron chi connectivity index (χ0n) is 11.1. The number of nitrogens with one attached hydrogen (secondary N) is 2. The number of benzene rings is 1. The highest BCUT2D eigenvalue weighted by molar-refractivity contribution is 5.38. The second-order valence-electron chi connectivity index (χ2n) is 4.89. The predicted molar refractivity (Wildman–Crippen MR) is 74.1 cm³/mol. The van der Waals surface area contributed by atoms with Crippen molar-refractivity contribution in [2.45, 2.75) is 32.4 Å². The normalized spacial score (nSPS) is 17.2. The molecule has 0 saturated carbocycles. The number of hydrogen-bond acceptors (Lipinski definition) is 3. The van der Waals surface area contributed by atoms with E-state index in [1.165, 1.54) is 5.56 Å². The van der Waals surface area contributed by atoms with Crippen LogP contribution >= 0.6 is 0 Å². The maximum absolute atomic E-state index is 5.92. The molecule has 2 N–H and O–H groups in total. The van der Waals surface area contributed by atoms with Crippen LogP contribution in [0.1, 0.15) is 36.5 Å². The number of aromatic nitrogens is 2. The number of para-hydroxylation sites is 1. The highest BCUT2D eigenvalue weighted by Gasteiger charge is 2.26. The molecule has 0 fully saturated rings. The average molecular weight is 257 g/mol. The maximum Gasteiger partial charge on any atom is 0.160 e. The molecule has 0 aliphatic carbocycles. The largest absolute Gasteiger partial charge is 0.482 e. The van der Waals surface area contributed by atoms with E-state index >= 15 is 0 Å². The van der Waals surface area contributed by atoms with Gasteiger partial charge < -0.3 is 15.0 Å². The standard InChI is InChI=1S/C15H19N3O/c1-2-7-16-9-12-10-17-15(18-12)14-8-11-5-3-4-6-13(11)19-14/h3-6,10,14,16H,2,7-9H2,1H3,(H,17,18). The molecule has 1 atom stereocenters. The third kappa shape index (κ3) is 2.63. The number of ether oxygens (including phenoxy) is 1. The summed E-state index contributed by atoms with van der Waals surface area (Å²) in [6.07, 6.45) is 3.95. The summed E-state index contributed by atoms with van der Waals surface area (Å²) < 4.78 is 5.92. The fraction of sp³-hybridized carbons (Fsp3) is 0.400. The molecule has 2 heterocycles. The summed E-state index contributed by atoms with van der Waals surface area (Å²) in [6, 6.07) is 8.18. The van der Waals surface area contributed by atoms with E-state index < -0.39 is 0 Å². The first kappa shape index (κ1) is 12.2. The van der Waals surface area contributed by atoms with Gasteiger partial charge in [-0.2, -0.15) is 0 Å². The molecule has 1 unspecified atom stereocenters. The summed E-state index contributed by atoms with van der Waals surface area (Å²) in [4.78, 5) is 7.79. The van der Waals surface area contributed by atoms with Crippen LogP contribution in [0.25, 0.3) is 0 Å². The Morgan fingerprint density at radius 1 is 1.42 bits per heavy atom. The fourth-order valence-electron chi connectivity index (χ4n) is 2.36. The van der Waals surface area contributed by atoms with Crippen molar-refractivity contribution in [2.24, 2.45) is 0 Å². The van der Waals surface area contributed by atoms with Gasteiger partial charge in [-0.1, -0.05) is 25.1 Å². The van der Waals surface area contributed by atoms with Crippen LogP contribution in [-0.4, -0.2) is 16.5 Å². The van der Waals surface area contributed by atoms with Gasteiger partial charge in [0.05, 0.1) is 0 Å². The summed E-state index contributed by atoms with van der Waals surface area (Å²) in [6.45, 7) is 4.02. The van der Waals surface area contributed by atoms with E-state index in [4.69, 9.17) is 4.74 Å². The smallest absolute Gasteiger partial charge is 0.160 e. The second kappa shape index (κ2) is 5.45. The Balaban J connectivity index is 1.65. The van der Waals surface area contributed by atoms with Gasteiger partial charge in [0, 0.05) is 24.9 Å². The van der Waals surface area contributed by atoms with E-state index in [0.29, 0.717) is 0 Å². The van der Waals surface area contributed by atoms with Crippen LogP contribution in [0.5, 0.6) is 5.75 Å². The van der Waals surface area contributed by atoms with Crippen molar-refractivity contribution in [1.82, 2.24) is 15.3 Å². The molecular weight excluding hydrogens is 238 g/mol. The van der Waals surface area contributed by atoms with E-state index in [-0.39, 0.29) is 6.10 Å². The highest BCUT2D eigenvalue weighted by atomic mass is 16.5. The van der Waals surface area contributed by atoms with Crippen LogP contribution in [0, 0.1) is 0 Å². The minimum Gasteiger partial charge on any atom is -0.482 e. The molecule has 4 heteroatoms. The lowest BCUT2D eigenvalue weighted by atomic mass is 10.1. The number of nitrogens with zero attached hydrogens (tertiary/aromatic N) is 1. The van der Waals surface area contributed by atoms with Crippen molar-refractivity contribution in [3.63, 3.8) is 0 Å². The van der Waals surface area contributed by atoms with Gasteiger partial charge in [0.25, 0.3) is 0 Å². The monoisotopic (exact) mass is 257 g/mol. The van der Waals surface area contributed by atoms with Gasteiger partial charge in [-0.15, -0.1) is 0 Å². The van der Waals surface area contributed by atoms with Gasteiger partial charge >= 0.3 is 0 Å². The average Bonchev–Trinajstić information content (AvgIpc) is 3.04. The molecule has 19 heavy (non-hydrogen) atoms. The van der Waals surface area contributed by atoms with Gasteiger partial charge in [-0.25, -0.2) is 4.98 Å². The number of aromatic amines is 1. The first-order chi connectivity index (χ1) is 9.36. The Kier molecular flexibility index (Phi) is 3.51. The summed E-state index contributed by atoms with van der Waals surface area (Å²) in [5, 5.41) is 3.36. The van der Waals surface area contributed by atoms with E-state index in [2.05, 4.69) is 28.3 Å². The second-order valence-corrected chi connectivity index (χ2v) is 4.89. The van der Waals surface area contributed by atoms with Gasteiger partial charge in [0.1, 0.15) is 11.6 Å².